The minimum absolute atomic E-state index is 0.0428. The van der Waals surface area contributed by atoms with Crippen LogP contribution >= 0.6 is 0 Å². The van der Waals surface area contributed by atoms with Crippen LogP contribution in [0.5, 0.6) is 0 Å². The number of hydrogen-bond acceptors (Lipinski definition) is 4. The monoisotopic (exact) mass is 324 g/mol. The van der Waals surface area contributed by atoms with Crippen molar-refractivity contribution in [2.24, 2.45) is 17.6 Å². The predicted molar refractivity (Wildman–Crippen MR) is 85.8 cm³/mol. The van der Waals surface area contributed by atoms with E-state index in [2.05, 4.69) is 11.8 Å². The van der Waals surface area contributed by atoms with Gasteiger partial charge in [-0.05, 0) is 18.8 Å². The number of hydrogen-bond donors (Lipinski definition) is 1. The lowest BCUT2D eigenvalue weighted by Crippen LogP contribution is -2.48. The van der Waals surface area contributed by atoms with Gasteiger partial charge in [-0.1, -0.05) is 6.92 Å². The molecule has 0 saturated carbocycles. The number of likely N-dealkylation sites (tertiary alicyclic amines) is 2. The quantitative estimate of drug-likeness (QED) is 0.773. The first-order chi connectivity index (χ1) is 11.1. The average Bonchev–Trinajstić information content (AvgIpc) is 2.97. The first-order valence-electron chi connectivity index (χ1n) is 8.71. The van der Waals surface area contributed by atoms with Crippen molar-refractivity contribution in [3.8, 4) is 0 Å². The highest BCUT2D eigenvalue weighted by Crippen LogP contribution is 2.27. The summed E-state index contributed by atoms with van der Waals surface area (Å²) in [6.07, 6.45) is 1.46. The second kappa shape index (κ2) is 7.05. The lowest BCUT2D eigenvalue weighted by molar-refractivity contribution is -0.136. The van der Waals surface area contributed by atoms with Crippen LogP contribution in [-0.4, -0.2) is 85.2 Å². The smallest absolute Gasteiger partial charge is 0.314 e. The number of nitrogens with zero attached hydrogens (tertiary/aromatic N) is 3. The van der Waals surface area contributed by atoms with Gasteiger partial charge in [0.25, 0.3) is 0 Å². The second-order valence-corrected chi connectivity index (χ2v) is 7.04. The highest BCUT2D eigenvalue weighted by molar-refractivity contribution is 5.80. The van der Waals surface area contributed by atoms with Gasteiger partial charge >= 0.3 is 6.03 Å². The Morgan fingerprint density at radius 2 is 1.65 bits per heavy atom. The Kier molecular flexibility index (Phi) is 5.06. The van der Waals surface area contributed by atoms with E-state index in [1.807, 2.05) is 4.90 Å². The zero-order valence-corrected chi connectivity index (χ0v) is 13.9. The zero-order valence-electron chi connectivity index (χ0n) is 13.9. The molecule has 7 nitrogen and oxygen atoms in total. The topological polar surface area (TPSA) is 79.1 Å². The summed E-state index contributed by atoms with van der Waals surface area (Å²) in [5, 5.41) is 0. The molecule has 7 heteroatoms. The van der Waals surface area contributed by atoms with Gasteiger partial charge in [-0.2, -0.15) is 0 Å². The van der Waals surface area contributed by atoms with Gasteiger partial charge in [0.05, 0.1) is 13.2 Å². The molecule has 23 heavy (non-hydrogen) atoms. The van der Waals surface area contributed by atoms with Crippen LogP contribution in [0.2, 0.25) is 0 Å². The van der Waals surface area contributed by atoms with Gasteiger partial charge in [-0.3, -0.25) is 9.69 Å². The zero-order chi connectivity index (χ0) is 16.4. The Hall–Kier alpha value is -1.34. The van der Waals surface area contributed by atoms with Crippen molar-refractivity contribution >= 4 is 11.9 Å². The van der Waals surface area contributed by atoms with Gasteiger partial charge in [0, 0.05) is 51.2 Å². The SMILES string of the molecule is CC1CN(C(=O)C2CCN(C(N)=O)CC2)CC1N1CCOCC1. The van der Waals surface area contributed by atoms with Gasteiger partial charge in [0.15, 0.2) is 0 Å². The molecule has 0 bridgehead atoms. The van der Waals surface area contributed by atoms with E-state index in [0.717, 1.165) is 52.2 Å². The van der Waals surface area contributed by atoms with E-state index in [-0.39, 0.29) is 17.9 Å². The number of nitrogens with two attached hydrogens (primary N) is 1. The van der Waals surface area contributed by atoms with Crippen molar-refractivity contribution in [1.82, 2.24) is 14.7 Å². The molecule has 2 atom stereocenters. The van der Waals surface area contributed by atoms with Crippen LogP contribution in [0.3, 0.4) is 0 Å². The summed E-state index contributed by atoms with van der Waals surface area (Å²) in [4.78, 5) is 30.1. The number of morpholine rings is 1. The van der Waals surface area contributed by atoms with Gasteiger partial charge in [0.1, 0.15) is 0 Å². The second-order valence-electron chi connectivity index (χ2n) is 7.04. The molecule has 2 N–H and O–H groups in total. The Morgan fingerprint density at radius 1 is 1.00 bits per heavy atom. The van der Waals surface area contributed by atoms with Gasteiger partial charge < -0.3 is 20.3 Å². The van der Waals surface area contributed by atoms with Crippen molar-refractivity contribution in [2.75, 3.05) is 52.5 Å². The molecule has 3 amide bonds. The lowest BCUT2D eigenvalue weighted by atomic mass is 9.95. The van der Waals surface area contributed by atoms with E-state index in [4.69, 9.17) is 10.5 Å². The van der Waals surface area contributed by atoms with Gasteiger partial charge in [-0.15, -0.1) is 0 Å². The first kappa shape index (κ1) is 16.5. The fraction of sp³-hybridized carbons (Fsp3) is 0.875. The number of amides is 3. The molecule has 3 heterocycles. The van der Waals surface area contributed by atoms with E-state index in [1.54, 1.807) is 4.90 Å². The maximum absolute atomic E-state index is 12.8. The largest absolute Gasteiger partial charge is 0.379 e. The Labute approximate surface area is 137 Å². The highest BCUT2D eigenvalue weighted by atomic mass is 16.5. The van der Waals surface area contributed by atoms with Gasteiger partial charge in [0.2, 0.25) is 5.91 Å². The lowest BCUT2D eigenvalue weighted by Gasteiger charge is -2.34. The van der Waals surface area contributed by atoms with Crippen LogP contribution in [0, 0.1) is 11.8 Å². The van der Waals surface area contributed by atoms with Crippen LogP contribution in [0.25, 0.3) is 0 Å². The fourth-order valence-electron chi connectivity index (χ4n) is 4.12. The predicted octanol–water partition coefficient (Wildman–Crippen LogP) is -0.0438. The average molecular weight is 324 g/mol. The first-order valence-corrected chi connectivity index (χ1v) is 8.71. The van der Waals surface area contributed by atoms with Crippen molar-refractivity contribution in [3.05, 3.63) is 0 Å². The van der Waals surface area contributed by atoms with Crippen LogP contribution in [0.4, 0.5) is 4.79 Å². The maximum atomic E-state index is 12.8. The molecule has 3 rings (SSSR count). The molecule has 3 aliphatic rings. The Morgan fingerprint density at radius 3 is 2.26 bits per heavy atom. The molecule has 0 aromatic heterocycles. The molecule has 0 aromatic carbocycles. The molecule has 130 valence electrons. The molecule has 0 aromatic rings. The number of rotatable bonds is 2. The van der Waals surface area contributed by atoms with Crippen molar-refractivity contribution in [1.29, 1.82) is 0 Å². The number of ether oxygens (including phenoxy) is 1. The van der Waals surface area contributed by atoms with Crippen LogP contribution in [0.1, 0.15) is 19.8 Å². The highest BCUT2D eigenvalue weighted by Gasteiger charge is 2.39. The number of piperidine rings is 1. The Balaban J connectivity index is 1.53. The number of carbonyl (C=O) groups is 2. The third-order valence-corrected chi connectivity index (χ3v) is 5.55. The summed E-state index contributed by atoms with van der Waals surface area (Å²) < 4.78 is 5.43. The molecule has 0 radical (unpaired) electrons. The Bertz CT molecular complexity index is 445. The third kappa shape index (κ3) is 3.61. The molecule has 3 fully saturated rings. The van der Waals surface area contributed by atoms with Crippen molar-refractivity contribution < 1.29 is 14.3 Å². The van der Waals surface area contributed by atoms with Crippen molar-refractivity contribution in [2.45, 2.75) is 25.8 Å². The summed E-state index contributed by atoms with van der Waals surface area (Å²) in [5.74, 6) is 0.806. The standard InChI is InChI=1S/C16H28N4O3/c1-12-10-20(11-14(12)18-6-8-23-9-7-18)15(21)13-2-4-19(5-3-13)16(17)22/h12-14H,2-11H2,1H3,(H2,17,22). The van der Waals surface area contributed by atoms with E-state index in [1.165, 1.54) is 0 Å². The summed E-state index contributed by atoms with van der Waals surface area (Å²) in [5.41, 5.74) is 5.31. The van der Waals surface area contributed by atoms with E-state index in [0.29, 0.717) is 25.0 Å². The van der Waals surface area contributed by atoms with E-state index >= 15 is 0 Å². The normalized spacial score (nSPS) is 30.7. The molecule has 0 aliphatic carbocycles. The molecular weight excluding hydrogens is 296 g/mol. The molecular formula is C16H28N4O3. The van der Waals surface area contributed by atoms with Crippen molar-refractivity contribution in [3.63, 3.8) is 0 Å². The number of primary amides is 1. The van der Waals surface area contributed by atoms with Crippen LogP contribution < -0.4 is 5.73 Å². The van der Waals surface area contributed by atoms with Crippen LogP contribution in [-0.2, 0) is 9.53 Å². The molecule has 3 aliphatic heterocycles. The third-order valence-electron chi connectivity index (χ3n) is 5.55. The summed E-state index contributed by atoms with van der Waals surface area (Å²) in [6, 6.07) is 0.0756. The molecule has 2 unspecified atom stereocenters. The minimum Gasteiger partial charge on any atom is -0.379 e. The van der Waals surface area contributed by atoms with Crippen LogP contribution in [0.15, 0.2) is 0 Å². The minimum atomic E-state index is -0.377. The number of carbonyl (C=O) groups excluding carboxylic acids is 2. The molecule has 3 saturated heterocycles. The summed E-state index contributed by atoms with van der Waals surface area (Å²) in [7, 11) is 0. The van der Waals surface area contributed by atoms with E-state index < -0.39 is 0 Å². The molecule has 0 spiro atoms. The van der Waals surface area contributed by atoms with Gasteiger partial charge in [-0.25, -0.2) is 4.79 Å². The summed E-state index contributed by atoms with van der Waals surface area (Å²) >= 11 is 0. The summed E-state index contributed by atoms with van der Waals surface area (Å²) in [6.45, 7) is 8.63. The van der Waals surface area contributed by atoms with E-state index in [9.17, 15) is 9.59 Å². The maximum Gasteiger partial charge on any atom is 0.314 e. The number of urea groups is 1. The fourth-order valence-corrected chi connectivity index (χ4v) is 4.12.